The van der Waals surface area contributed by atoms with Crippen LogP contribution in [0.2, 0.25) is 0 Å². The van der Waals surface area contributed by atoms with Gasteiger partial charge in [-0.15, -0.1) is 0 Å². The second-order valence-corrected chi connectivity index (χ2v) is 4.52. The van der Waals surface area contributed by atoms with E-state index in [4.69, 9.17) is 10.6 Å². The SMILES string of the molecule is [N-]=[N+]=NS(=O)(=O)Cc1ccc(C(=O)O)cc1. The zero-order valence-corrected chi connectivity index (χ0v) is 8.75. The summed E-state index contributed by atoms with van der Waals surface area (Å²) in [5, 5.41) is 8.61. The van der Waals surface area contributed by atoms with Crippen LogP contribution in [0.15, 0.2) is 28.8 Å². The highest BCUT2D eigenvalue weighted by Gasteiger charge is 2.09. The molecule has 0 aliphatic rings. The summed E-state index contributed by atoms with van der Waals surface area (Å²) in [6, 6.07) is 5.27. The predicted molar refractivity (Wildman–Crippen MR) is 55.2 cm³/mol. The van der Waals surface area contributed by atoms with Crippen LogP contribution in [0.4, 0.5) is 0 Å². The Morgan fingerprint density at radius 3 is 2.38 bits per heavy atom. The lowest BCUT2D eigenvalue weighted by molar-refractivity contribution is 0.0697. The number of carbonyl (C=O) groups is 1. The van der Waals surface area contributed by atoms with Crippen LogP contribution in [-0.4, -0.2) is 19.5 Å². The first-order chi connectivity index (χ1) is 7.44. The number of aromatic carboxylic acids is 1. The van der Waals surface area contributed by atoms with Crippen molar-refractivity contribution >= 4 is 16.0 Å². The molecule has 0 aliphatic heterocycles. The molecule has 0 spiro atoms. The summed E-state index contributed by atoms with van der Waals surface area (Å²) in [5.74, 6) is -1.54. The monoisotopic (exact) mass is 241 g/mol. The van der Waals surface area contributed by atoms with Gasteiger partial charge in [-0.3, -0.25) is 0 Å². The second-order valence-electron chi connectivity index (χ2n) is 2.90. The molecular formula is C8H7N3O4S. The number of hydrogen-bond acceptors (Lipinski definition) is 3. The number of nitrogens with zero attached hydrogens (tertiary/aromatic N) is 3. The van der Waals surface area contributed by atoms with Gasteiger partial charge in [0, 0.05) is 9.43 Å². The zero-order valence-electron chi connectivity index (χ0n) is 7.94. The standard InChI is InChI=1S/C8H7N3O4S/c9-10-11-16(14,15)5-6-1-3-7(4-2-6)8(12)13/h1-4H,5H2,(H,12,13). The van der Waals surface area contributed by atoms with Crippen molar-refractivity contribution in [3.63, 3.8) is 0 Å². The van der Waals surface area contributed by atoms with E-state index < -0.39 is 21.7 Å². The molecule has 0 aliphatic carbocycles. The Kier molecular flexibility index (Phi) is 3.49. The number of carboxylic acid groups (broad SMARTS) is 1. The number of carboxylic acids is 1. The van der Waals surface area contributed by atoms with E-state index in [2.05, 4.69) is 9.43 Å². The van der Waals surface area contributed by atoms with Crippen molar-refractivity contribution < 1.29 is 18.3 Å². The van der Waals surface area contributed by atoms with E-state index in [-0.39, 0.29) is 5.56 Å². The van der Waals surface area contributed by atoms with Gasteiger partial charge in [-0.05, 0) is 23.2 Å². The van der Waals surface area contributed by atoms with Crippen molar-refractivity contribution in [2.75, 3.05) is 0 Å². The van der Waals surface area contributed by atoms with Gasteiger partial charge in [-0.1, -0.05) is 12.1 Å². The van der Waals surface area contributed by atoms with Crippen LogP contribution in [0.25, 0.3) is 10.4 Å². The molecule has 1 aromatic rings. The maximum absolute atomic E-state index is 11.1. The molecule has 84 valence electrons. The summed E-state index contributed by atoms with van der Waals surface area (Å²) in [6.07, 6.45) is 0. The number of sulfonamides is 1. The topological polar surface area (TPSA) is 120 Å². The molecule has 0 amide bonds. The fourth-order valence-electron chi connectivity index (χ4n) is 1.04. The van der Waals surface area contributed by atoms with Gasteiger partial charge < -0.3 is 5.11 Å². The summed E-state index contributed by atoms with van der Waals surface area (Å²) in [6.45, 7) is 0. The minimum absolute atomic E-state index is 0.0601. The third-order valence-electron chi connectivity index (χ3n) is 1.71. The molecule has 1 rings (SSSR count). The lowest BCUT2D eigenvalue weighted by atomic mass is 10.1. The second kappa shape index (κ2) is 4.65. The molecule has 1 aromatic carbocycles. The van der Waals surface area contributed by atoms with Crippen LogP contribution in [0, 0.1) is 0 Å². The molecular weight excluding hydrogens is 234 g/mol. The van der Waals surface area contributed by atoms with Gasteiger partial charge in [0.15, 0.2) is 0 Å². The van der Waals surface area contributed by atoms with E-state index in [0.29, 0.717) is 5.56 Å². The fourth-order valence-corrected chi connectivity index (χ4v) is 1.82. The molecule has 8 heteroatoms. The summed E-state index contributed by atoms with van der Waals surface area (Å²) >= 11 is 0. The van der Waals surface area contributed by atoms with Gasteiger partial charge in [0.25, 0.3) is 0 Å². The fraction of sp³-hybridized carbons (Fsp3) is 0.125. The molecule has 7 nitrogen and oxygen atoms in total. The van der Waals surface area contributed by atoms with E-state index >= 15 is 0 Å². The Morgan fingerprint density at radius 1 is 1.38 bits per heavy atom. The smallest absolute Gasteiger partial charge is 0.335 e. The minimum Gasteiger partial charge on any atom is -0.478 e. The highest BCUT2D eigenvalue weighted by Crippen LogP contribution is 2.09. The molecule has 0 heterocycles. The first-order valence-corrected chi connectivity index (χ1v) is 5.67. The summed E-state index contributed by atoms with van der Waals surface area (Å²) in [4.78, 5) is 12.7. The minimum atomic E-state index is -3.86. The third-order valence-corrected chi connectivity index (χ3v) is 2.73. The Hall–Kier alpha value is -2.05. The lowest BCUT2D eigenvalue weighted by Crippen LogP contribution is -2.00. The number of azide groups is 1. The predicted octanol–water partition coefficient (Wildman–Crippen LogP) is 1.52. The van der Waals surface area contributed by atoms with E-state index in [0.717, 1.165) is 0 Å². The average molecular weight is 241 g/mol. The van der Waals surface area contributed by atoms with Gasteiger partial charge in [0.1, 0.15) is 0 Å². The van der Waals surface area contributed by atoms with Crippen molar-refractivity contribution in [2.45, 2.75) is 5.75 Å². The van der Waals surface area contributed by atoms with Crippen molar-refractivity contribution in [3.05, 3.63) is 45.8 Å². The quantitative estimate of drug-likeness (QED) is 0.488. The molecule has 1 N–H and O–H groups in total. The molecule has 16 heavy (non-hydrogen) atoms. The van der Waals surface area contributed by atoms with Gasteiger partial charge in [0.2, 0.25) is 10.0 Å². The molecule has 0 saturated carbocycles. The molecule has 0 bridgehead atoms. The number of rotatable bonds is 4. The maximum atomic E-state index is 11.1. The molecule has 0 unspecified atom stereocenters. The molecule has 0 fully saturated rings. The lowest BCUT2D eigenvalue weighted by Gasteiger charge is -1.99. The van der Waals surface area contributed by atoms with Crippen molar-refractivity contribution in [2.24, 2.45) is 4.52 Å². The Morgan fingerprint density at radius 2 is 1.94 bits per heavy atom. The van der Waals surface area contributed by atoms with Gasteiger partial charge in [-0.2, -0.15) is 0 Å². The molecule has 0 saturated heterocycles. The van der Waals surface area contributed by atoms with E-state index in [1.807, 2.05) is 0 Å². The summed E-state index contributed by atoms with van der Waals surface area (Å²) < 4.78 is 24.8. The number of benzene rings is 1. The highest BCUT2D eigenvalue weighted by molar-refractivity contribution is 7.89. The normalized spacial score (nSPS) is 10.5. The average Bonchev–Trinajstić information content (AvgIpc) is 2.17. The maximum Gasteiger partial charge on any atom is 0.335 e. The summed E-state index contributed by atoms with van der Waals surface area (Å²) in [7, 11) is -3.86. The van der Waals surface area contributed by atoms with Crippen LogP contribution in [0.5, 0.6) is 0 Å². The van der Waals surface area contributed by atoms with Gasteiger partial charge in [-0.25, -0.2) is 13.2 Å². The van der Waals surface area contributed by atoms with E-state index in [9.17, 15) is 13.2 Å². The van der Waals surface area contributed by atoms with Crippen LogP contribution in [0.1, 0.15) is 15.9 Å². The van der Waals surface area contributed by atoms with Gasteiger partial charge in [0.05, 0.1) is 11.3 Å². The Balaban J connectivity index is 2.92. The van der Waals surface area contributed by atoms with E-state index in [1.165, 1.54) is 24.3 Å². The van der Waals surface area contributed by atoms with Crippen molar-refractivity contribution in [1.29, 1.82) is 0 Å². The largest absolute Gasteiger partial charge is 0.478 e. The molecule has 0 radical (unpaired) electrons. The van der Waals surface area contributed by atoms with Crippen LogP contribution in [0.3, 0.4) is 0 Å². The Bertz CT molecular complexity index is 543. The zero-order chi connectivity index (χ0) is 12.2. The molecule has 0 atom stereocenters. The highest BCUT2D eigenvalue weighted by atomic mass is 32.2. The van der Waals surface area contributed by atoms with Crippen LogP contribution in [-0.2, 0) is 15.8 Å². The van der Waals surface area contributed by atoms with E-state index in [1.54, 1.807) is 0 Å². The third kappa shape index (κ3) is 3.26. The first-order valence-electron chi connectivity index (χ1n) is 4.06. The van der Waals surface area contributed by atoms with Gasteiger partial charge >= 0.3 is 5.97 Å². The Labute approximate surface area is 91.0 Å². The first kappa shape index (κ1) is 12.0. The van der Waals surface area contributed by atoms with Crippen molar-refractivity contribution in [1.82, 2.24) is 0 Å². The van der Waals surface area contributed by atoms with Crippen LogP contribution < -0.4 is 0 Å². The summed E-state index contributed by atoms with van der Waals surface area (Å²) in [5.41, 5.74) is 8.42. The van der Waals surface area contributed by atoms with Crippen LogP contribution >= 0.6 is 0 Å². The molecule has 0 aromatic heterocycles. The van der Waals surface area contributed by atoms with Crippen molar-refractivity contribution in [3.8, 4) is 0 Å². The number of hydrogen-bond donors (Lipinski definition) is 1.